The van der Waals surface area contributed by atoms with Crippen LogP contribution in [0.1, 0.15) is 26.7 Å². The van der Waals surface area contributed by atoms with Gasteiger partial charge in [0.15, 0.2) is 11.6 Å². The van der Waals surface area contributed by atoms with Gasteiger partial charge in [-0.2, -0.15) is 0 Å². The third-order valence-corrected chi connectivity index (χ3v) is 3.29. The van der Waals surface area contributed by atoms with Crippen molar-refractivity contribution in [2.24, 2.45) is 5.92 Å². The van der Waals surface area contributed by atoms with Gasteiger partial charge in [0.2, 0.25) is 0 Å². The van der Waals surface area contributed by atoms with E-state index in [-0.39, 0.29) is 5.78 Å². The molecule has 110 valence electrons. The van der Waals surface area contributed by atoms with Crippen LogP contribution in [0.3, 0.4) is 0 Å². The summed E-state index contributed by atoms with van der Waals surface area (Å²) in [4.78, 5) is 45.2. The quantitative estimate of drug-likeness (QED) is 0.586. The van der Waals surface area contributed by atoms with Gasteiger partial charge >= 0.3 is 11.9 Å². The monoisotopic (exact) mass is 283 g/mol. The number of Topliss-reactive ketones (excluding diaryl/α,β-unsaturated/α-hetero) is 1. The second kappa shape index (κ2) is 6.42. The molecule has 2 atom stereocenters. The Balaban J connectivity index is 2.87. The van der Waals surface area contributed by atoms with Crippen LogP contribution in [0.4, 0.5) is 0 Å². The third-order valence-electron chi connectivity index (χ3n) is 3.29. The van der Waals surface area contributed by atoms with Gasteiger partial charge < -0.3 is 10.2 Å². The fraction of sp³-hybridized carbons (Fsp3) is 0.538. The van der Waals surface area contributed by atoms with E-state index in [1.165, 1.54) is 6.08 Å². The molecule has 1 aliphatic rings. The van der Waals surface area contributed by atoms with E-state index in [0.717, 1.165) is 0 Å². The molecule has 0 heterocycles. The van der Waals surface area contributed by atoms with Crippen molar-refractivity contribution in [1.82, 2.24) is 5.32 Å². The Morgan fingerprint density at radius 2 is 1.75 bits per heavy atom. The van der Waals surface area contributed by atoms with Crippen molar-refractivity contribution < 1.29 is 29.4 Å². The van der Waals surface area contributed by atoms with Crippen LogP contribution < -0.4 is 5.32 Å². The Hall–Kier alpha value is -2.02. The standard InChI is InChI=1S/C13H17NO6/c1-6-3-9(15)12(13(20)7(6)2)14-8(4-10(16)17)5-11(18)19/h3,7-8,12,14H,4-5H2,1-2H3,(H,16,17)(H,18,19). The first-order chi connectivity index (χ1) is 9.22. The molecule has 0 aromatic heterocycles. The number of carbonyl (C=O) groups excluding carboxylic acids is 2. The van der Waals surface area contributed by atoms with Gasteiger partial charge in [-0.25, -0.2) is 0 Å². The molecule has 0 amide bonds. The maximum atomic E-state index is 12.0. The molecule has 0 fully saturated rings. The maximum Gasteiger partial charge on any atom is 0.304 e. The summed E-state index contributed by atoms with van der Waals surface area (Å²) in [5, 5.41) is 20.0. The fourth-order valence-electron chi connectivity index (χ4n) is 2.06. The summed E-state index contributed by atoms with van der Waals surface area (Å²) in [6, 6.07) is -2.14. The minimum absolute atomic E-state index is 0.365. The second-order valence-electron chi connectivity index (χ2n) is 4.91. The van der Waals surface area contributed by atoms with Crippen LogP contribution >= 0.6 is 0 Å². The molecule has 3 N–H and O–H groups in total. The van der Waals surface area contributed by atoms with Gasteiger partial charge in [0.05, 0.1) is 12.8 Å². The lowest BCUT2D eigenvalue weighted by Crippen LogP contribution is -2.52. The summed E-state index contributed by atoms with van der Waals surface area (Å²) in [6.45, 7) is 3.32. The first kappa shape index (κ1) is 16.0. The molecule has 0 spiro atoms. The summed E-state index contributed by atoms with van der Waals surface area (Å²) in [6.07, 6.45) is 0.392. The molecular weight excluding hydrogens is 266 g/mol. The number of rotatable bonds is 6. The highest BCUT2D eigenvalue weighted by Crippen LogP contribution is 2.20. The minimum atomic E-state index is -1.20. The first-order valence-electron chi connectivity index (χ1n) is 6.17. The molecule has 20 heavy (non-hydrogen) atoms. The molecule has 0 radical (unpaired) electrons. The first-order valence-corrected chi connectivity index (χ1v) is 6.17. The topological polar surface area (TPSA) is 121 Å². The van der Waals surface area contributed by atoms with Crippen LogP contribution in [-0.4, -0.2) is 45.8 Å². The Morgan fingerprint density at radius 1 is 1.25 bits per heavy atom. The largest absolute Gasteiger partial charge is 0.481 e. The smallest absolute Gasteiger partial charge is 0.304 e. The predicted octanol–water partition coefficient (Wildman–Crippen LogP) is -0.00320. The number of nitrogens with one attached hydrogen (secondary N) is 1. The molecule has 0 aromatic carbocycles. The number of carboxylic acids is 2. The highest BCUT2D eigenvalue weighted by atomic mass is 16.4. The van der Waals surface area contributed by atoms with Crippen LogP contribution in [0, 0.1) is 5.92 Å². The zero-order chi connectivity index (χ0) is 15.4. The summed E-state index contributed by atoms with van der Waals surface area (Å²) >= 11 is 0. The number of allylic oxidation sites excluding steroid dienone is 1. The second-order valence-corrected chi connectivity index (χ2v) is 4.91. The molecule has 2 unspecified atom stereocenters. The van der Waals surface area contributed by atoms with Crippen molar-refractivity contribution in [3.05, 3.63) is 11.6 Å². The van der Waals surface area contributed by atoms with E-state index in [0.29, 0.717) is 5.57 Å². The highest BCUT2D eigenvalue weighted by molar-refractivity contribution is 6.15. The molecule has 0 bridgehead atoms. The lowest BCUT2D eigenvalue weighted by atomic mass is 9.84. The van der Waals surface area contributed by atoms with Crippen LogP contribution in [0.5, 0.6) is 0 Å². The number of carbonyl (C=O) groups is 4. The minimum Gasteiger partial charge on any atom is -0.481 e. The molecule has 0 aromatic rings. The van der Waals surface area contributed by atoms with Gasteiger partial charge in [0, 0.05) is 12.0 Å². The van der Waals surface area contributed by atoms with Gasteiger partial charge in [-0.1, -0.05) is 12.5 Å². The van der Waals surface area contributed by atoms with E-state index in [9.17, 15) is 19.2 Å². The molecule has 0 aliphatic heterocycles. The van der Waals surface area contributed by atoms with Crippen molar-refractivity contribution in [3.63, 3.8) is 0 Å². The predicted molar refractivity (Wildman–Crippen MR) is 68.2 cm³/mol. The zero-order valence-electron chi connectivity index (χ0n) is 11.3. The van der Waals surface area contributed by atoms with Crippen molar-refractivity contribution >= 4 is 23.5 Å². The normalized spacial score (nSPS) is 22.9. The van der Waals surface area contributed by atoms with E-state index < -0.39 is 48.6 Å². The van der Waals surface area contributed by atoms with Gasteiger partial charge in [-0.15, -0.1) is 0 Å². The molecule has 0 saturated carbocycles. The Morgan fingerprint density at radius 3 is 2.20 bits per heavy atom. The van der Waals surface area contributed by atoms with E-state index in [2.05, 4.69) is 5.32 Å². The Bertz CT molecular complexity index is 465. The summed E-state index contributed by atoms with van der Waals surface area (Å²) in [7, 11) is 0. The van der Waals surface area contributed by atoms with E-state index in [1.54, 1.807) is 13.8 Å². The van der Waals surface area contributed by atoms with E-state index in [1.807, 2.05) is 0 Å². The fourth-order valence-corrected chi connectivity index (χ4v) is 2.06. The van der Waals surface area contributed by atoms with Crippen molar-refractivity contribution in [1.29, 1.82) is 0 Å². The molecule has 7 heteroatoms. The van der Waals surface area contributed by atoms with Gasteiger partial charge in [0.25, 0.3) is 0 Å². The average molecular weight is 283 g/mol. The zero-order valence-corrected chi connectivity index (χ0v) is 11.3. The number of carboxylic acid groups (broad SMARTS) is 2. The highest BCUT2D eigenvalue weighted by Gasteiger charge is 2.36. The number of aliphatic carboxylic acids is 2. The summed E-state index contributed by atoms with van der Waals surface area (Å²) in [5.74, 6) is -3.67. The third kappa shape index (κ3) is 3.99. The van der Waals surface area contributed by atoms with Crippen molar-refractivity contribution in [3.8, 4) is 0 Å². The Kier molecular flexibility index (Phi) is 5.15. The van der Waals surface area contributed by atoms with Crippen LogP contribution in [0.2, 0.25) is 0 Å². The summed E-state index contributed by atoms with van der Waals surface area (Å²) in [5.41, 5.74) is 0.645. The molecule has 7 nitrogen and oxygen atoms in total. The van der Waals surface area contributed by atoms with Crippen molar-refractivity contribution in [2.75, 3.05) is 0 Å². The lowest BCUT2D eigenvalue weighted by molar-refractivity contribution is -0.141. The SMILES string of the molecule is CC1=CC(=O)C(NC(CC(=O)O)CC(=O)O)C(=O)C1C. The van der Waals surface area contributed by atoms with Gasteiger partial charge in [-0.05, 0) is 13.0 Å². The van der Waals surface area contributed by atoms with Gasteiger partial charge in [-0.3, -0.25) is 24.5 Å². The van der Waals surface area contributed by atoms with E-state index in [4.69, 9.17) is 10.2 Å². The van der Waals surface area contributed by atoms with Crippen molar-refractivity contribution in [2.45, 2.75) is 38.8 Å². The van der Waals surface area contributed by atoms with Crippen LogP contribution in [0.15, 0.2) is 11.6 Å². The molecule has 1 aliphatic carbocycles. The summed E-state index contributed by atoms with van der Waals surface area (Å²) < 4.78 is 0. The maximum absolute atomic E-state index is 12.0. The molecular formula is C13H17NO6. The average Bonchev–Trinajstić information content (AvgIpc) is 2.30. The van der Waals surface area contributed by atoms with E-state index >= 15 is 0 Å². The number of hydrogen-bond acceptors (Lipinski definition) is 5. The molecule has 1 rings (SSSR count). The number of hydrogen-bond donors (Lipinski definition) is 3. The van der Waals surface area contributed by atoms with Crippen LogP contribution in [-0.2, 0) is 19.2 Å². The molecule has 0 saturated heterocycles. The number of ketones is 2. The Labute approximate surface area is 115 Å². The van der Waals surface area contributed by atoms with Gasteiger partial charge in [0.1, 0.15) is 6.04 Å². The lowest BCUT2D eigenvalue weighted by Gasteiger charge is -2.27. The van der Waals surface area contributed by atoms with Crippen LogP contribution in [0.25, 0.3) is 0 Å².